The van der Waals surface area contributed by atoms with Gasteiger partial charge in [0.05, 0.1) is 22.8 Å². The minimum Gasteiger partial charge on any atom is -0.493 e. The third-order valence-corrected chi connectivity index (χ3v) is 10.0. The van der Waals surface area contributed by atoms with E-state index in [1.165, 1.54) is 23.6 Å². The monoisotopic (exact) mass is 586 g/mol. The maximum Gasteiger partial charge on any atom is 0.277 e. The van der Waals surface area contributed by atoms with Crippen molar-refractivity contribution in [3.05, 3.63) is 40.1 Å². The number of fused-ring (bicyclic) bond motifs is 1. The molecule has 2 aromatic heterocycles. The number of imidazole rings is 1. The summed E-state index contributed by atoms with van der Waals surface area (Å²) < 4.78 is 36.5. The number of hydrogen-bond donors (Lipinski definition) is 1. The summed E-state index contributed by atoms with van der Waals surface area (Å²) in [4.78, 5) is 23.5. The summed E-state index contributed by atoms with van der Waals surface area (Å²) in [5.74, 6) is 1.65. The number of H-pyrrole nitrogens is 1. The molecule has 0 spiro atoms. The minimum atomic E-state index is -3.75. The van der Waals surface area contributed by atoms with Gasteiger partial charge in [0, 0.05) is 38.1 Å². The van der Waals surface area contributed by atoms with E-state index >= 15 is 0 Å². The van der Waals surface area contributed by atoms with Gasteiger partial charge in [-0.05, 0) is 58.7 Å². The first-order chi connectivity index (χ1) is 19.6. The largest absolute Gasteiger partial charge is 0.493 e. The number of nitrogens with zero attached hydrogens (tertiary/aromatic N) is 5. The lowest BCUT2D eigenvalue weighted by Crippen LogP contribution is -2.50. The number of hydrogen-bond acceptors (Lipinski definition) is 7. The molecule has 4 rings (SSSR count). The number of aromatic nitrogens is 4. The second-order valence-electron chi connectivity index (χ2n) is 11.2. The highest BCUT2D eigenvalue weighted by Crippen LogP contribution is 2.32. The number of benzene rings is 1. The Labute approximate surface area is 244 Å². The smallest absolute Gasteiger partial charge is 0.277 e. The molecule has 10 nitrogen and oxygen atoms in total. The average Bonchev–Trinajstić information content (AvgIpc) is 3.29. The Morgan fingerprint density at radius 1 is 1.05 bits per heavy atom. The Balaban J connectivity index is 1.76. The molecule has 0 saturated carbocycles. The molecule has 1 aliphatic rings. The van der Waals surface area contributed by atoms with E-state index in [9.17, 15) is 13.2 Å². The molecule has 1 fully saturated rings. The zero-order valence-corrected chi connectivity index (χ0v) is 26.3. The third kappa shape index (κ3) is 6.67. The van der Waals surface area contributed by atoms with E-state index in [4.69, 9.17) is 14.8 Å². The van der Waals surface area contributed by atoms with Gasteiger partial charge in [0.2, 0.25) is 10.0 Å². The highest BCUT2D eigenvalue weighted by Gasteiger charge is 2.30. The summed E-state index contributed by atoms with van der Waals surface area (Å²) in [6.07, 6.45) is 6.49. The second kappa shape index (κ2) is 13.5. The lowest BCUT2D eigenvalue weighted by Gasteiger charge is -2.36. The molecule has 11 heteroatoms. The molecule has 41 heavy (non-hydrogen) atoms. The lowest BCUT2D eigenvalue weighted by molar-refractivity contribution is 0.154. The van der Waals surface area contributed by atoms with Gasteiger partial charge in [-0.2, -0.15) is 4.31 Å². The van der Waals surface area contributed by atoms with Gasteiger partial charge in [-0.15, -0.1) is 5.10 Å². The van der Waals surface area contributed by atoms with Crippen molar-refractivity contribution < 1.29 is 13.2 Å². The summed E-state index contributed by atoms with van der Waals surface area (Å²) >= 11 is 0. The van der Waals surface area contributed by atoms with E-state index in [-0.39, 0.29) is 22.2 Å². The number of rotatable bonds is 13. The summed E-state index contributed by atoms with van der Waals surface area (Å²) in [6.45, 7) is 14.9. The first-order valence-corrected chi connectivity index (χ1v) is 16.6. The molecule has 1 unspecified atom stereocenters. The molecule has 0 amide bonds. The van der Waals surface area contributed by atoms with Gasteiger partial charge >= 0.3 is 0 Å². The normalized spacial score (nSPS) is 16.1. The lowest BCUT2D eigenvalue weighted by atomic mass is 9.97. The average molecular weight is 587 g/mol. The van der Waals surface area contributed by atoms with Gasteiger partial charge < -0.3 is 9.72 Å². The van der Waals surface area contributed by atoms with Crippen molar-refractivity contribution in [1.29, 1.82) is 0 Å². The van der Waals surface area contributed by atoms with Crippen LogP contribution in [0.1, 0.15) is 90.6 Å². The van der Waals surface area contributed by atoms with Crippen LogP contribution in [0.3, 0.4) is 0 Å². The van der Waals surface area contributed by atoms with Crippen LogP contribution in [0.25, 0.3) is 16.9 Å². The van der Waals surface area contributed by atoms with Crippen LogP contribution in [0.2, 0.25) is 0 Å². The van der Waals surface area contributed by atoms with Gasteiger partial charge in [0.1, 0.15) is 11.6 Å². The number of sulfonamides is 1. The number of aromatic amines is 1. The van der Waals surface area contributed by atoms with Crippen molar-refractivity contribution >= 4 is 15.5 Å². The van der Waals surface area contributed by atoms with Crippen molar-refractivity contribution in [2.45, 2.75) is 96.9 Å². The summed E-state index contributed by atoms with van der Waals surface area (Å²) in [5, 5.41) is 4.85. The van der Waals surface area contributed by atoms with E-state index < -0.39 is 10.0 Å². The number of nitrogens with one attached hydrogen (secondary N) is 1. The molecule has 226 valence electrons. The van der Waals surface area contributed by atoms with Crippen molar-refractivity contribution in [2.24, 2.45) is 0 Å². The molecule has 3 aromatic rings. The van der Waals surface area contributed by atoms with Crippen LogP contribution in [0, 0.1) is 6.92 Å². The van der Waals surface area contributed by atoms with Crippen molar-refractivity contribution in [3.63, 3.8) is 0 Å². The Morgan fingerprint density at radius 2 is 1.78 bits per heavy atom. The minimum absolute atomic E-state index is 0.154. The fourth-order valence-electron chi connectivity index (χ4n) is 5.66. The Bertz CT molecular complexity index is 1490. The van der Waals surface area contributed by atoms with Crippen LogP contribution in [-0.2, 0) is 10.0 Å². The van der Waals surface area contributed by atoms with Gasteiger partial charge in [0.15, 0.2) is 11.3 Å². The quantitative estimate of drug-likeness (QED) is 0.281. The second-order valence-corrected chi connectivity index (χ2v) is 13.1. The third-order valence-electron chi connectivity index (χ3n) is 8.11. The molecule has 0 aliphatic carbocycles. The maximum atomic E-state index is 13.7. The molecule has 1 N–H and O–H groups in total. The molecule has 0 bridgehead atoms. The van der Waals surface area contributed by atoms with Gasteiger partial charge in [-0.1, -0.05) is 39.5 Å². The predicted molar refractivity (Wildman–Crippen MR) is 162 cm³/mol. The highest BCUT2D eigenvalue weighted by atomic mass is 32.2. The van der Waals surface area contributed by atoms with Crippen LogP contribution < -0.4 is 10.3 Å². The number of ether oxygens (including phenoxy) is 1. The zero-order valence-electron chi connectivity index (χ0n) is 25.4. The molecule has 1 atom stereocenters. The fraction of sp³-hybridized carbons (Fsp3) is 0.633. The zero-order chi connectivity index (χ0) is 29.7. The van der Waals surface area contributed by atoms with E-state index in [1.807, 2.05) is 13.8 Å². The molecule has 1 aromatic carbocycles. The first-order valence-electron chi connectivity index (χ1n) is 15.1. The van der Waals surface area contributed by atoms with E-state index in [0.717, 1.165) is 25.1 Å². The summed E-state index contributed by atoms with van der Waals surface area (Å²) in [7, 11) is -3.75. The van der Waals surface area contributed by atoms with E-state index in [1.54, 1.807) is 22.7 Å². The van der Waals surface area contributed by atoms with Gasteiger partial charge in [0.25, 0.3) is 5.56 Å². The van der Waals surface area contributed by atoms with Crippen LogP contribution in [0.5, 0.6) is 5.75 Å². The number of unbranched alkanes of at least 4 members (excludes halogenated alkanes) is 3. The Morgan fingerprint density at radius 3 is 2.41 bits per heavy atom. The van der Waals surface area contributed by atoms with Gasteiger partial charge in [-0.25, -0.2) is 17.9 Å². The highest BCUT2D eigenvalue weighted by molar-refractivity contribution is 7.89. The summed E-state index contributed by atoms with van der Waals surface area (Å²) in [6, 6.07) is 5.18. The van der Waals surface area contributed by atoms with Crippen LogP contribution >= 0.6 is 0 Å². The molecule has 0 radical (unpaired) electrons. The van der Waals surface area contributed by atoms with Crippen molar-refractivity contribution in [1.82, 2.24) is 28.8 Å². The number of piperazine rings is 1. The maximum absolute atomic E-state index is 13.7. The molecular weight excluding hydrogens is 540 g/mol. The Hall–Kier alpha value is -2.76. The fourth-order valence-corrected chi connectivity index (χ4v) is 7.11. The van der Waals surface area contributed by atoms with Gasteiger partial charge in [-0.3, -0.25) is 9.69 Å². The Kier molecular flexibility index (Phi) is 10.3. The van der Waals surface area contributed by atoms with E-state index in [0.29, 0.717) is 61.4 Å². The van der Waals surface area contributed by atoms with Crippen LogP contribution in [-0.4, -0.2) is 76.0 Å². The molecular formula is C30H46N6O4S. The standard InChI is InChI=1S/C30H46N6O4S/c1-7-10-11-12-13-23(8-2)29-31-22(6)27-30(37)32-28(33-36(27)29)25-20-24(14-15-26(25)40-9-3)41(38,39)35-18-16-34(17-19-35)21(4)5/h14-15,20-21,23H,7-13,16-19H2,1-6H3,(H,32,33,37). The molecule has 1 saturated heterocycles. The first kappa shape index (κ1) is 31.2. The van der Waals surface area contributed by atoms with Crippen LogP contribution in [0.15, 0.2) is 27.9 Å². The summed E-state index contributed by atoms with van der Waals surface area (Å²) in [5.41, 5.74) is 1.17. The van der Waals surface area contributed by atoms with Crippen LogP contribution in [0.4, 0.5) is 0 Å². The SMILES string of the molecule is CCCCCCC(CC)c1nc(C)c2c(=O)[nH]c(-c3cc(S(=O)(=O)N4CCN(C(C)C)CC4)ccc3OCC)nn12. The predicted octanol–water partition coefficient (Wildman–Crippen LogP) is 4.97. The number of aryl methyl sites for hydroxylation is 1. The topological polar surface area (TPSA) is 113 Å². The van der Waals surface area contributed by atoms with Crippen molar-refractivity contribution in [2.75, 3.05) is 32.8 Å². The van der Waals surface area contributed by atoms with Crippen molar-refractivity contribution in [3.8, 4) is 17.1 Å². The molecule has 1 aliphatic heterocycles. The van der Waals surface area contributed by atoms with E-state index in [2.05, 4.69) is 37.6 Å². The molecule has 3 heterocycles.